The van der Waals surface area contributed by atoms with E-state index in [0.29, 0.717) is 23.8 Å². The normalized spacial score (nSPS) is 27.7. The van der Waals surface area contributed by atoms with E-state index in [1.165, 1.54) is 0 Å². The Labute approximate surface area is 197 Å². The number of nitrogens with one attached hydrogen (secondary N) is 3. The van der Waals surface area contributed by atoms with Gasteiger partial charge in [-0.05, 0) is 64.0 Å². The van der Waals surface area contributed by atoms with Gasteiger partial charge in [-0.3, -0.25) is 4.57 Å². The Balaban J connectivity index is 1.44. The van der Waals surface area contributed by atoms with Gasteiger partial charge < -0.3 is 20.7 Å². The summed E-state index contributed by atoms with van der Waals surface area (Å²) in [4.78, 5) is 14.1. The van der Waals surface area contributed by atoms with Gasteiger partial charge in [0.05, 0.1) is 12.1 Å². The highest BCUT2D eigenvalue weighted by Gasteiger charge is 2.44. The molecule has 3 atom stereocenters. The van der Waals surface area contributed by atoms with E-state index in [1.807, 2.05) is 6.92 Å². The molecule has 2 saturated heterocycles. The van der Waals surface area contributed by atoms with E-state index in [-0.39, 0.29) is 36.9 Å². The van der Waals surface area contributed by atoms with Crippen molar-refractivity contribution in [3.8, 4) is 0 Å². The molecule has 0 aromatic carbocycles. The summed E-state index contributed by atoms with van der Waals surface area (Å²) in [6, 6.07) is 0.168. The molecule has 0 amide bonds. The van der Waals surface area contributed by atoms with Crippen molar-refractivity contribution in [2.75, 3.05) is 36.9 Å². The Morgan fingerprint density at radius 3 is 2.50 bits per heavy atom. The zero-order valence-corrected chi connectivity index (χ0v) is 19.6. The molecule has 0 radical (unpaired) electrons. The second-order valence-electron chi connectivity index (χ2n) is 10.1. The third-order valence-electron chi connectivity index (χ3n) is 7.40. The monoisotopic (exact) mass is 481 g/mol. The second-order valence-corrected chi connectivity index (χ2v) is 10.1. The summed E-state index contributed by atoms with van der Waals surface area (Å²) in [5, 5.41) is 10.2. The number of aromatic nitrogens is 4. The molecule has 3 fully saturated rings. The summed E-state index contributed by atoms with van der Waals surface area (Å²) in [7, 11) is 0. The molecule has 2 aromatic rings. The highest BCUT2D eigenvalue weighted by atomic mass is 19.4. The number of rotatable bonds is 5. The summed E-state index contributed by atoms with van der Waals surface area (Å²) in [5.74, 6) is -0.103. The van der Waals surface area contributed by atoms with Crippen molar-refractivity contribution in [2.24, 2.45) is 11.8 Å². The van der Waals surface area contributed by atoms with Crippen LogP contribution in [0.25, 0.3) is 11.2 Å². The van der Waals surface area contributed by atoms with Crippen molar-refractivity contribution in [1.82, 2.24) is 24.8 Å². The lowest BCUT2D eigenvalue weighted by Gasteiger charge is -2.35. The van der Waals surface area contributed by atoms with Crippen LogP contribution < -0.4 is 16.0 Å². The van der Waals surface area contributed by atoms with Crippen LogP contribution in [0.4, 0.5) is 25.1 Å². The van der Waals surface area contributed by atoms with Gasteiger partial charge in [0, 0.05) is 31.3 Å². The van der Waals surface area contributed by atoms with E-state index >= 15 is 0 Å². The van der Waals surface area contributed by atoms with Crippen LogP contribution in [0.3, 0.4) is 0 Å². The average molecular weight is 482 g/mol. The standard InChI is InChI=1S/C23H34F3N7O/c1-14-10-15(23(24,25)26)12-17(11-14)30-22-31-19-13-28-21(29-16-4-8-34-9-5-16)32-20(19)33(22)18-2-6-27-7-3-18/h13-18,27H,2-12H2,1H3,(H,30,31)(H,28,29,32). The molecule has 3 N–H and O–H groups in total. The fraction of sp³-hybridized carbons (Fsp3) is 0.783. The van der Waals surface area contributed by atoms with Gasteiger partial charge in [-0.2, -0.15) is 18.2 Å². The van der Waals surface area contributed by atoms with Crippen molar-refractivity contribution in [1.29, 1.82) is 0 Å². The number of nitrogens with zero attached hydrogens (tertiary/aromatic N) is 4. The number of halogens is 3. The first kappa shape index (κ1) is 23.6. The van der Waals surface area contributed by atoms with Crippen LogP contribution in [0.2, 0.25) is 0 Å². The van der Waals surface area contributed by atoms with Crippen LogP contribution in [0.1, 0.15) is 57.9 Å². The summed E-state index contributed by atoms with van der Waals surface area (Å²) in [5.41, 5.74) is 1.39. The maximum Gasteiger partial charge on any atom is 0.391 e. The zero-order chi connectivity index (χ0) is 23.7. The topological polar surface area (TPSA) is 88.9 Å². The van der Waals surface area contributed by atoms with Gasteiger partial charge in [-0.25, -0.2) is 9.97 Å². The Morgan fingerprint density at radius 2 is 1.76 bits per heavy atom. The van der Waals surface area contributed by atoms with E-state index < -0.39 is 12.1 Å². The molecule has 0 bridgehead atoms. The summed E-state index contributed by atoms with van der Waals surface area (Å²) in [6.45, 7) is 5.12. The molecular weight excluding hydrogens is 447 g/mol. The molecule has 3 aliphatic rings. The zero-order valence-electron chi connectivity index (χ0n) is 19.6. The van der Waals surface area contributed by atoms with Gasteiger partial charge in [-0.15, -0.1) is 0 Å². The van der Waals surface area contributed by atoms with Crippen LogP contribution in [0, 0.1) is 11.8 Å². The number of imidazole rings is 1. The Kier molecular flexibility index (Phi) is 6.83. The van der Waals surface area contributed by atoms with Crippen LogP contribution >= 0.6 is 0 Å². The van der Waals surface area contributed by atoms with E-state index in [2.05, 4.69) is 25.5 Å². The van der Waals surface area contributed by atoms with Crippen LogP contribution in [0.15, 0.2) is 6.20 Å². The van der Waals surface area contributed by atoms with Crippen molar-refractivity contribution < 1.29 is 17.9 Å². The van der Waals surface area contributed by atoms with Crippen LogP contribution in [-0.4, -0.2) is 64.1 Å². The predicted octanol–water partition coefficient (Wildman–Crippen LogP) is 4.12. The number of hydrogen-bond donors (Lipinski definition) is 3. The molecule has 5 rings (SSSR count). The highest BCUT2D eigenvalue weighted by molar-refractivity contribution is 5.75. The molecule has 11 heteroatoms. The Bertz CT molecular complexity index is 969. The van der Waals surface area contributed by atoms with E-state index in [9.17, 15) is 13.2 Å². The maximum absolute atomic E-state index is 13.5. The number of piperidine rings is 1. The quantitative estimate of drug-likeness (QED) is 0.592. The van der Waals surface area contributed by atoms with Crippen molar-refractivity contribution in [3.63, 3.8) is 0 Å². The van der Waals surface area contributed by atoms with Crippen molar-refractivity contribution in [2.45, 2.75) is 76.2 Å². The van der Waals surface area contributed by atoms with Crippen LogP contribution in [-0.2, 0) is 4.74 Å². The lowest BCUT2D eigenvalue weighted by molar-refractivity contribution is -0.186. The number of fused-ring (bicyclic) bond motifs is 1. The molecule has 2 aliphatic heterocycles. The first-order valence-corrected chi connectivity index (χ1v) is 12.5. The molecule has 2 aromatic heterocycles. The Hall–Kier alpha value is -2.14. The number of anilines is 2. The summed E-state index contributed by atoms with van der Waals surface area (Å²) >= 11 is 0. The lowest BCUT2D eigenvalue weighted by atomic mass is 9.79. The van der Waals surface area contributed by atoms with Gasteiger partial charge in [0.25, 0.3) is 0 Å². The fourth-order valence-corrected chi connectivity index (χ4v) is 5.67. The van der Waals surface area contributed by atoms with Crippen LogP contribution in [0.5, 0.6) is 0 Å². The molecule has 4 heterocycles. The number of alkyl halides is 3. The minimum Gasteiger partial charge on any atom is -0.381 e. The fourth-order valence-electron chi connectivity index (χ4n) is 5.67. The van der Waals surface area contributed by atoms with Crippen molar-refractivity contribution in [3.05, 3.63) is 6.20 Å². The van der Waals surface area contributed by atoms with Crippen molar-refractivity contribution >= 4 is 23.1 Å². The lowest BCUT2D eigenvalue weighted by Crippen LogP contribution is -2.38. The molecule has 34 heavy (non-hydrogen) atoms. The smallest absolute Gasteiger partial charge is 0.381 e. The third kappa shape index (κ3) is 5.25. The Morgan fingerprint density at radius 1 is 1.00 bits per heavy atom. The minimum absolute atomic E-state index is 0.00431. The molecular formula is C23H34F3N7O. The number of hydrogen-bond acceptors (Lipinski definition) is 7. The van der Waals surface area contributed by atoms with Gasteiger partial charge in [0.2, 0.25) is 11.9 Å². The first-order valence-electron chi connectivity index (χ1n) is 12.5. The minimum atomic E-state index is -4.17. The predicted molar refractivity (Wildman–Crippen MR) is 124 cm³/mol. The SMILES string of the molecule is CC1CC(Nc2nc3cnc(NC4CCOCC4)nc3n2C2CCNCC2)CC(C(F)(F)F)C1. The third-order valence-corrected chi connectivity index (χ3v) is 7.40. The molecule has 188 valence electrons. The number of ether oxygens (including phenoxy) is 1. The van der Waals surface area contributed by atoms with E-state index in [0.717, 1.165) is 57.6 Å². The second kappa shape index (κ2) is 9.85. The molecule has 8 nitrogen and oxygen atoms in total. The molecule has 1 saturated carbocycles. The summed E-state index contributed by atoms with van der Waals surface area (Å²) < 4.78 is 48.1. The summed E-state index contributed by atoms with van der Waals surface area (Å²) in [6.07, 6.45) is 2.16. The highest BCUT2D eigenvalue weighted by Crippen LogP contribution is 2.41. The van der Waals surface area contributed by atoms with Gasteiger partial charge in [0.1, 0.15) is 5.52 Å². The van der Waals surface area contributed by atoms with Gasteiger partial charge >= 0.3 is 6.18 Å². The average Bonchev–Trinajstić information content (AvgIpc) is 3.16. The molecule has 0 spiro atoms. The van der Waals surface area contributed by atoms with E-state index in [4.69, 9.17) is 14.7 Å². The first-order chi connectivity index (χ1) is 16.4. The van der Waals surface area contributed by atoms with Gasteiger partial charge in [-0.1, -0.05) is 6.92 Å². The molecule has 1 aliphatic carbocycles. The van der Waals surface area contributed by atoms with Gasteiger partial charge in [0.15, 0.2) is 5.65 Å². The molecule has 3 unspecified atom stereocenters. The maximum atomic E-state index is 13.5. The largest absolute Gasteiger partial charge is 0.391 e. The van der Waals surface area contributed by atoms with E-state index in [1.54, 1.807) is 6.20 Å².